The van der Waals surface area contributed by atoms with Gasteiger partial charge in [-0.1, -0.05) is 0 Å². The van der Waals surface area contributed by atoms with Crippen molar-refractivity contribution in [3.63, 3.8) is 0 Å². The highest BCUT2D eigenvalue weighted by atomic mass is 32.2. The fourth-order valence-electron chi connectivity index (χ4n) is 1.19. The van der Waals surface area contributed by atoms with E-state index in [1.165, 1.54) is 0 Å². The minimum Gasteiger partial charge on any atom is -0.507 e. The zero-order valence-corrected chi connectivity index (χ0v) is 9.16. The normalized spacial score (nSPS) is 10.4. The molecule has 0 saturated carbocycles. The van der Waals surface area contributed by atoms with E-state index in [-0.39, 0.29) is 5.56 Å². The lowest BCUT2D eigenvalue weighted by Crippen LogP contribution is -2.05. The highest BCUT2D eigenvalue weighted by molar-refractivity contribution is 7.71. The Morgan fingerprint density at radius 2 is 2.12 bits per heavy atom. The SMILES string of the molecule is COC(=O)c1c(O)cc(C[SH](=O)=O)cc1F. The van der Waals surface area contributed by atoms with E-state index in [4.69, 9.17) is 0 Å². The first-order valence-electron chi connectivity index (χ1n) is 4.17. The maximum Gasteiger partial charge on any atom is 0.344 e. The summed E-state index contributed by atoms with van der Waals surface area (Å²) in [4.78, 5) is 11.0. The van der Waals surface area contributed by atoms with E-state index in [1.807, 2.05) is 0 Å². The smallest absolute Gasteiger partial charge is 0.344 e. The van der Waals surface area contributed by atoms with Crippen LogP contribution in [0.1, 0.15) is 15.9 Å². The molecule has 0 aliphatic carbocycles. The Morgan fingerprint density at radius 1 is 1.50 bits per heavy atom. The molecule has 0 amide bonds. The van der Waals surface area contributed by atoms with E-state index in [1.54, 1.807) is 0 Å². The summed E-state index contributed by atoms with van der Waals surface area (Å²) in [7, 11) is -1.68. The average Bonchev–Trinajstić information content (AvgIpc) is 2.15. The Hall–Kier alpha value is -1.63. The number of hydrogen-bond acceptors (Lipinski definition) is 5. The molecule has 1 aromatic carbocycles. The number of carbonyl (C=O) groups is 1. The van der Waals surface area contributed by atoms with E-state index in [2.05, 4.69) is 4.74 Å². The van der Waals surface area contributed by atoms with Gasteiger partial charge in [-0.25, -0.2) is 17.6 Å². The van der Waals surface area contributed by atoms with Crippen LogP contribution in [-0.4, -0.2) is 26.6 Å². The maximum absolute atomic E-state index is 13.3. The van der Waals surface area contributed by atoms with Gasteiger partial charge in [0.25, 0.3) is 0 Å². The number of phenolic OH excluding ortho intramolecular Hbond substituents is 1. The van der Waals surface area contributed by atoms with Crippen molar-refractivity contribution in [3.05, 3.63) is 29.1 Å². The Kier molecular flexibility index (Phi) is 3.83. The number of ether oxygens (including phenoxy) is 1. The average molecular weight is 248 g/mol. The van der Waals surface area contributed by atoms with Crippen molar-refractivity contribution in [2.75, 3.05) is 7.11 Å². The maximum atomic E-state index is 13.3. The van der Waals surface area contributed by atoms with Gasteiger partial charge in [0, 0.05) is 0 Å². The third kappa shape index (κ3) is 2.69. The van der Waals surface area contributed by atoms with Gasteiger partial charge >= 0.3 is 5.97 Å². The number of rotatable bonds is 3. The van der Waals surface area contributed by atoms with E-state index in [0.717, 1.165) is 19.2 Å². The van der Waals surface area contributed by atoms with Crippen LogP contribution in [0.15, 0.2) is 12.1 Å². The van der Waals surface area contributed by atoms with Gasteiger partial charge in [0.2, 0.25) is 0 Å². The number of hydrogen-bond donors (Lipinski definition) is 2. The van der Waals surface area contributed by atoms with Crippen LogP contribution in [0.4, 0.5) is 4.39 Å². The minimum atomic E-state index is -2.72. The predicted octanol–water partition coefficient (Wildman–Crippen LogP) is 0.429. The molecule has 88 valence electrons. The van der Waals surface area contributed by atoms with Crippen molar-refractivity contribution >= 4 is 16.7 Å². The fourth-order valence-corrected chi connectivity index (χ4v) is 1.67. The zero-order valence-electron chi connectivity index (χ0n) is 8.27. The largest absolute Gasteiger partial charge is 0.507 e. The summed E-state index contributed by atoms with van der Waals surface area (Å²) in [6, 6.07) is 1.89. The highest BCUT2D eigenvalue weighted by Crippen LogP contribution is 2.23. The molecule has 5 nitrogen and oxygen atoms in total. The summed E-state index contributed by atoms with van der Waals surface area (Å²) >= 11 is 0. The number of carbonyl (C=O) groups excluding carboxylic acids is 1. The van der Waals surface area contributed by atoms with Gasteiger partial charge in [-0.3, -0.25) is 0 Å². The van der Waals surface area contributed by atoms with Crippen LogP contribution in [0.3, 0.4) is 0 Å². The summed E-state index contributed by atoms with van der Waals surface area (Å²) in [6.45, 7) is 0. The van der Waals surface area contributed by atoms with E-state index < -0.39 is 39.6 Å². The molecule has 0 saturated heterocycles. The Balaban J connectivity index is 3.22. The topological polar surface area (TPSA) is 80.7 Å². The molecular weight excluding hydrogens is 239 g/mol. The van der Waals surface area contributed by atoms with E-state index in [9.17, 15) is 22.7 Å². The molecule has 0 heterocycles. The number of phenols is 1. The van der Waals surface area contributed by atoms with Crippen LogP contribution in [0.2, 0.25) is 0 Å². The number of methoxy groups -OCH3 is 1. The third-order valence-electron chi connectivity index (χ3n) is 1.83. The molecule has 0 bridgehead atoms. The first kappa shape index (κ1) is 12.4. The van der Waals surface area contributed by atoms with Crippen LogP contribution >= 0.6 is 0 Å². The highest BCUT2D eigenvalue weighted by Gasteiger charge is 2.18. The Morgan fingerprint density at radius 3 is 2.56 bits per heavy atom. The van der Waals surface area contributed by atoms with E-state index >= 15 is 0 Å². The fraction of sp³-hybridized carbons (Fsp3) is 0.222. The van der Waals surface area contributed by atoms with Crippen molar-refractivity contribution in [2.45, 2.75) is 5.75 Å². The van der Waals surface area contributed by atoms with Crippen LogP contribution in [-0.2, 0) is 21.2 Å². The molecule has 0 radical (unpaired) electrons. The Labute approximate surface area is 92.4 Å². The van der Waals surface area contributed by atoms with Gasteiger partial charge in [-0.05, 0) is 17.7 Å². The van der Waals surface area contributed by atoms with Crippen LogP contribution < -0.4 is 0 Å². The summed E-state index contributed by atoms with van der Waals surface area (Å²) in [6.07, 6.45) is 0. The molecule has 1 rings (SSSR count). The van der Waals surface area contributed by atoms with E-state index in [0.29, 0.717) is 0 Å². The number of esters is 1. The molecule has 0 spiro atoms. The molecular formula is C9H9FO5S. The second kappa shape index (κ2) is 4.93. The second-order valence-electron chi connectivity index (χ2n) is 2.95. The van der Waals surface area contributed by atoms with Gasteiger partial charge in [0.15, 0.2) is 0 Å². The molecule has 16 heavy (non-hydrogen) atoms. The molecule has 0 fully saturated rings. The van der Waals surface area contributed by atoms with Gasteiger partial charge < -0.3 is 9.84 Å². The number of aromatic hydroxyl groups is 1. The Bertz CT molecular complexity index is 464. The van der Waals surface area contributed by atoms with Crippen LogP contribution in [0.25, 0.3) is 0 Å². The predicted molar refractivity (Wildman–Crippen MR) is 53.4 cm³/mol. The van der Waals surface area contributed by atoms with Gasteiger partial charge in [0.1, 0.15) is 27.8 Å². The summed E-state index contributed by atoms with van der Waals surface area (Å²) in [5.41, 5.74) is -0.536. The van der Waals surface area contributed by atoms with Crippen molar-refractivity contribution in [1.82, 2.24) is 0 Å². The van der Waals surface area contributed by atoms with Gasteiger partial charge in [-0.2, -0.15) is 0 Å². The lowest BCUT2D eigenvalue weighted by Gasteiger charge is -2.05. The monoisotopic (exact) mass is 248 g/mol. The quantitative estimate of drug-likeness (QED) is 0.599. The molecule has 0 atom stereocenters. The summed E-state index contributed by atoms with van der Waals surface area (Å²) < 4.78 is 38.4. The van der Waals surface area contributed by atoms with Crippen molar-refractivity contribution < 1.29 is 27.4 Å². The number of thiol groups is 1. The molecule has 0 aliphatic heterocycles. The van der Waals surface area contributed by atoms with Gasteiger partial charge in [0.05, 0.1) is 12.9 Å². The minimum absolute atomic E-state index is 0.0683. The summed E-state index contributed by atoms with van der Waals surface area (Å²) in [5.74, 6) is -3.08. The molecule has 1 aromatic rings. The lowest BCUT2D eigenvalue weighted by atomic mass is 10.1. The zero-order chi connectivity index (χ0) is 12.3. The summed E-state index contributed by atoms with van der Waals surface area (Å²) in [5, 5.41) is 9.35. The van der Waals surface area contributed by atoms with Crippen molar-refractivity contribution in [1.29, 1.82) is 0 Å². The number of halogens is 1. The molecule has 0 aliphatic rings. The van der Waals surface area contributed by atoms with Gasteiger partial charge in [-0.15, -0.1) is 0 Å². The van der Waals surface area contributed by atoms with Crippen LogP contribution in [0.5, 0.6) is 5.75 Å². The van der Waals surface area contributed by atoms with Crippen molar-refractivity contribution in [3.8, 4) is 5.75 Å². The second-order valence-corrected chi connectivity index (χ2v) is 3.94. The van der Waals surface area contributed by atoms with Crippen molar-refractivity contribution in [2.24, 2.45) is 0 Å². The third-order valence-corrected chi connectivity index (χ3v) is 2.45. The molecule has 0 unspecified atom stereocenters. The number of benzene rings is 1. The first-order chi connectivity index (χ1) is 7.45. The molecule has 0 aromatic heterocycles. The lowest BCUT2D eigenvalue weighted by molar-refractivity contribution is 0.0592. The standard InChI is InChI=1S/C9H9FO5S/c1-15-9(12)8-6(10)2-5(3-7(8)11)4-16(13)14/h2-3,11,16H,4H2,1H3. The van der Waals surface area contributed by atoms with Crippen LogP contribution in [0, 0.1) is 5.82 Å². The first-order valence-corrected chi connectivity index (χ1v) is 5.53. The molecule has 1 N–H and O–H groups in total. The molecule has 7 heteroatoms.